The number of esters is 2. The van der Waals surface area contributed by atoms with E-state index >= 15 is 0 Å². The van der Waals surface area contributed by atoms with E-state index in [1.165, 1.54) is 0 Å². The zero-order valence-electron chi connectivity index (χ0n) is 20.6. The summed E-state index contributed by atoms with van der Waals surface area (Å²) in [6, 6.07) is 14.9. The summed E-state index contributed by atoms with van der Waals surface area (Å²) >= 11 is 6.54. The Kier molecular flexibility index (Phi) is 11.7. The molecule has 4 unspecified atom stereocenters. The molecule has 0 radical (unpaired) electrons. The van der Waals surface area contributed by atoms with Gasteiger partial charge in [-0.15, -0.1) is 47.0 Å². The highest BCUT2D eigenvalue weighted by Crippen LogP contribution is 2.31. The molecule has 0 saturated carbocycles. The molecule has 0 bridgehead atoms. The van der Waals surface area contributed by atoms with Gasteiger partial charge in [-0.2, -0.15) is 0 Å². The Bertz CT molecular complexity index is 941. The van der Waals surface area contributed by atoms with Gasteiger partial charge in [0.1, 0.15) is 60.6 Å². The van der Waals surface area contributed by atoms with Crippen molar-refractivity contribution < 1.29 is 38.7 Å². The molecule has 2 N–H and O–H groups in total. The van der Waals surface area contributed by atoms with Crippen molar-refractivity contribution in [3.8, 4) is 22.6 Å². The number of rotatable bonds is 13. The number of hydrogen-bond donors (Lipinski definition) is 2. The van der Waals surface area contributed by atoms with E-state index in [0.717, 1.165) is 32.8 Å². The Balaban J connectivity index is 1.15. The van der Waals surface area contributed by atoms with Crippen LogP contribution in [0, 0.1) is 0 Å². The summed E-state index contributed by atoms with van der Waals surface area (Å²) in [5, 5.41) is 21.6. The zero-order chi connectivity index (χ0) is 26.7. The molecule has 0 amide bonds. The van der Waals surface area contributed by atoms with Crippen molar-refractivity contribution in [3.63, 3.8) is 0 Å². The molecule has 2 heterocycles. The maximum Gasteiger partial charge on any atom is 0.320 e. The van der Waals surface area contributed by atoms with Crippen molar-refractivity contribution in [2.24, 2.45) is 0 Å². The average molecular weight is 599 g/mol. The van der Waals surface area contributed by atoms with Crippen LogP contribution < -0.4 is 9.47 Å². The maximum atomic E-state index is 11.9. The third kappa shape index (κ3) is 9.20. The van der Waals surface area contributed by atoms with Gasteiger partial charge in [0.25, 0.3) is 0 Å². The molecule has 12 heteroatoms. The second-order valence-corrected chi connectivity index (χ2v) is 13.7. The van der Waals surface area contributed by atoms with Gasteiger partial charge >= 0.3 is 11.9 Å². The average Bonchev–Trinajstić information content (AvgIpc) is 3.68. The van der Waals surface area contributed by atoms with E-state index in [-0.39, 0.29) is 48.9 Å². The highest BCUT2D eigenvalue weighted by atomic mass is 32.2. The lowest BCUT2D eigenvalue weighted by atomic mass is 10.1. The van der Waals surface area contributed by atoms with E-state index in [2.05, 4.69) is 0 Å². The van der Waals surface area contributed by atoms with Gasteiger partial charge in [-0.1, -0.05) is 24.3 Å². The lowest BCUT2D eigenvalue weighted by molar-refractivity contribution is -0.146. The van der Waals surface area contributed by atoms with Crippen molar-refractivity contribution in [3.05, 3.63) is 48.5 Å². The van der Waals surface area contributed by atoms with Gasteiger partial charge in [0.05, 0.1) is 0 Å². The zero-order valence-corrected chi connectivity index (χ0v) is 23.8. The molecule has 2 aromatic carbocycles. The van der Waals surface area contributed by atoms with Crippen LogP contribution in [0.3, 0.4) is 0 Å². The summed E-state index contributed by atoms with van der Waals surface area (Å²) in [6.45, 7) is -0.133. The SMILES string of the molecule is O=C(OCC(O)COc1ccc(-c2ccc(OCC(O)COC(=O)C3CSCS3)cc2)cc1)C1CSCS1. The van der Waals surface area contributed by atoms with Crippen molar-refractivity contribution in [1.29, 1.82) is 0 Å². The molecule has 2 aliphatic heterocycles. The van der Waals surface area contributed by atoms with Crippen molar-refractivity contribution in [2.75, 3.05) is 48.1 Å². The van der Waals surface area contributed by atoms with E-state index in [9.17, 15) is 19.8 Å². The van der Waals surface area contributed by atoms with E-state index in [1.807, 2.05) is 48.5 Å². The minimum absolute atomic E-state index is 0.0227. The number of thioether (sulfide) groups is 4. The van der Waals surface area contributed by atoms with Gasteiger partial charge in [-0.25, -0.2) is 0 Å². The first-order valence-electron chi connectivity index (χ1n) is 12.0. The summed E-state index contributed by atoms with van der Waals surface area (Å²) < 4.78 is 21.6. The summed E-state index contributed by atoms with van der Waals surface area (Å²) in [4.78, 5) is 23.9. The molecule has 4 rings (SSSR count). The second kappa shape index (κ2) is 15.2. The molecule has 0 aliphatic carbocycles. The number of carbonyl (C=O) groups excluding carboxylic acids is 2. The lowest BCUT2D eigenvalue weighted by Gasteiger charge is -2.15. The molecule has 0 aromatic heterocycles. The first kappa shape index (κ1) is 29.3. The van der Waals surface area contributed by atoms with Crippen molar-refractivity contribution in [1.82, 2.24) is 0 Å². The van der Waals surface area contributed by atoms with Crippen LogP contribution >= 0.6 is 47.0 Å². The molecule has 4 atom stereocenters. The van der Waals surface area contributed by atoms with Gasteiger partial charge in [0.15, 0.2) is 0 Å². The monoisotopic (exact) mass is 598 g/mol. The number of aliphatic hydroxyl groups excluding tert-OH is 2. The van der Waals surface area contributed by atoms with Crippen LogP contribution in [0.4, 0.5) is 0 Å². The summed E-state index contributed by atoms with van der Waals surface area (Å²) in [6.07, 6.45) is -1.80. The van der Waals surface area contributed by atoms with Crippen LogP contribution in [0.25, 0.3) is 11.1 Å². The van der Waals surface area contributed by atoms with Gasteiger partial charge < -0.3 is 29.2 Å². The van der Waals surface area contributed by atoms with E-state index < -0.39 is 12.2 Å². The Morgan fingerprint density at radius 2 is 1.08 bits per heavy atom. The predicted molar refractivity (Wildman–Crippen MR) is 154 cm³/mol. The van der Waals surface area contributed by atoms with Gasteiger partial charge in [0, 0.05) is 21.7 Å². The largest absolute Gasteiger partial charge is 0.491 e. The van der Waals surface area contributed by atoms with Crippen molar-refractivity contribution in [2.45, 2.75) is 22.7 Å². The number of carbonyl (C=O) groups is 2. The first-order chi connectivity index (χ1) is 18.5. The Hall–Kier alpha value is -1.70. The quantitative estimate of drug-likeness (QED) is 0.329. The van der Waals surface area contributed by atoms with E-state index in [1.54, 1.807) is 47.0 Å². The molecule has 2 aliphatic rings. The third-order valence-corrected chi connectivity index (χ3v) is 11.0. The molecule has 8 nitrogen and oxygen atoms in total. The normalized spacial score (nSPS) is 20.5. The van der Waals surface area contributed by atoms with Crippen LogP contribution in [0.5, 0.6) is 11.5 Å². The standard InChI is InChI=1S/C26H30O8S4/c27-19(11-33-25(29)23-13-35-15-37-23)9-31-21-5-1-17(2-6-21)18-3-7-22(8-4-18)32-10-20(28)12-34-26(30)24-14-36-16-38-24/h1-8,19-20,23-24,27-28H,9-16H2. The van der Waals surface area contributed by atoms with E-state index in [4.69, 9.17) is 18.9 Å². The fourth-order valence-corrected chi connectivity index (χ4v) is 8.76. The van der Waals surface area contributed by atoms with Gasteiger partial charge in [-0.3, -0.25) is 9.59 Å². The van der Waals surface area contributed by atoms with Crippen molar-refractivity contribution >= 4 is 59.0 Å². The molecule has 2 fully saturated rings. The molecular weight excluding hydrogens is 569 g/mol. The Morgan fingerprint density at radius 3 is 1.42 bits per heavy atom. The first-order valence-corrected chi connectivity index (χ1v) is 16.4. The van der Waals surface area contributed by atoms with Crippen LogP contribution in [-0.4, -0.2) is 93.0 Å². The molecule has 2 saturated heterocycles. The fraction of sp³-hybridized carbons (Fsp3) is 0.462. The molecular formula is C26H30O8S4. The highest BCUT2D eigenvalue weighted by Gasteiger charge is 2.27. The smallest absolute Gasteiger partial charge is 0.320 e. The summed E-state index contributed by atoms with van der Waals surface area (Å²) in [5.74, 6) is 2.13. The second-order valence-electron chi connectivity index (χ2n) is 8.53. The van der Waals surface area contributed by atoms with Crippen LogP contribution in [0.1, 0.15) is 0 Å². The highest BCUT2D eigenvalue weighted by molar-refractivity contribution is 8.20. The van der Waals surface area contributed by atoms with Gasteiger partial charge in [0.2, 0.25) is 0 Å². The number of ether oxygens (including phenoxy) is 4. The van der Waals surface area contributed by atoms with Crippen LogP contribution in [-0.2, 0) is 19.1 Å². The maximum absolute atomic E-state index is 11.9. The minimum atomic E-state index is -0.902. The topological polar surface area (TPSA) is 112 Å². The third-order valence-electron chi connectivity index (χ3n) is 5.53. The summed E-state index contributed by atoms with van der Waals surface area (Å²) in [7, 11) is 0. The Labute approximate surface area is 238 Å². The van der Waals surface area contributed by atoms with Crippen LogP contribution in [0.15, 0.2) is 48.5 Å². The molecule has 0 spiro atoms. The molecule has 206 valence electrons. The number of benzene rings is 2. The number of aliphatic hydroxyl groups is 2. The minimum Gasteiger partial charge on any atom is -0.491 e. The molecule has 2 aromatic rings. The van der Waals surface area contributed by atoms with Crippen LogP contribution in [0.2, 0.25) is 0 Å². The number of hydrogen-bond acceptors (Lipinski definition) is 12. The Morgan fingerprint density at radius 1 is 0.684 bits per heavy atom. The predicted octanol–water partition coefficient (Wildman–Crippen LogP) is 3.53. The van der Waals surface area contributed by atoms with Gasteiger partial charge in [-0.05, 0) is 35.4 Å². The molecule has 38 heavy (non-hydrogen) atoms. The lowest BCUT2D eigenvalue weighted by Crippen LogP contribution is -2.28. The van der Waals surface area contributed by atoms with E-state index in [0.29, 0.717) is 11.5 Å². The fourth-order valence-electron chi connectivity index (χ4n) is 3.45. The summed E-state index contributed by atoms with van der Waals surface area (Å²) in [5.41, 5.74) is 1.94.